The summed E-state index contributed by atoms with van der Waals surface area (Å²) in [5.41, 5.74) is 6.77. The van der Waals surface area contributed by atoms with Crippen LogP contribution in [0.1, 0.15) is 53.4 Å². The molecule has 0 aromatic heterocycles. The first-order valence-electron chi connectivity index (χ1n) is 7.40. The van der Waals surface area contributed by atoms with Crippen LogP contribution in [0.3, 0.4) is 0 Å². The molecular formula is C15H29NOS. The molecule has 3 heteroatoms. The average molecular weight is 271 g/mol. The molecule has 5 atom stereocenters. The van der Waals surface area contributed by atoms with Crippen molar-refractivity contribution in [2.45, 2.75) is 76.0 Å². The number of nitrogens with two attached hydrogens (primary N) is 1. The molecular weight excluding hydrogens is 242 g/mol. The van der Waals surface area contributed by atoms with E-state index in [1.54, 1.807) is 0 Å². The predicted molar refractivity (Wildman–Crippen MR) is 80.0 cm³/mol. The van der Waals surface area contributed by atoms with Crippen molar-refractivity contribution in [2.75, 3.05) is 6.61 Å². The van der Waals surface area contributed by atoms with Gasteiger partial charge in [-0.1, -0.05) is 20.8 Å². The Morgan fingerprint density at radius 1 is 1.11 bits per heavy atom. The minimum absolute atomic E-state index is 0.390. The molecule has 2 nitrogen and oxygen atoms in total. The minimum atomic E-state index is 0.390. The van der Waals surface area contributed by atoms with E-state index in [1.165, 1.54) is 25.7 Å². The zero-order chi connectivity index (χ0) is 13.3. The molecule has 1 heterocycles. The summed E-state index contributed by atoms with van der Waals surface area (Å²) in [4.78, 5) is 0. The van der Waals surface area contributed by atoms with Crippen LogP contribution in [0.25, 0.3) is 0 Å². The Labute approximate surface area is 116 Å². The summed E-state index contributed by atoms with van der Waals surface area (Å²) in [7, 11) is 0. The highest BCUT2D eigenvalue weighted by atomic mass is 32.2. The number of hydrogen-bond acceptors (Lipinski definition) is 3. The Morgan fingerprint density at radius 3 is 2.39 bits per heavy atom. The van der Waals surface area contributed by atoms with E-state index in [2.05, 4.69) is 39.5 Å². The molecule has 1 saturated carbocycles. The molecule has 2 fully saturated rings. The quantitative estimate of drug-likeness (QED) is 0.835. The standard InChI is InChI=1S/C15H29NOS/c1-10-13(7-8-17-10)18-14-9-11(15(2,3)4)5-6-12(14)16/h10-14H,5-9,16H2,1-4H3. The lowest BCUT2D eigenvalue weighted by Crippen LogP contribution is -2.42. The zero-order valence-electron chi connectivity index (χ0n) is 12.3. The first-order chi connectivity index (χ1) is 8.38. The van der Waals surface area contributed by atoms with E-state index in [0.29, 0.717) is 28.1 Å². The lowest BCUT2D eigenvalue weighted by molar-refractivity contribution is 0.127. The van der Waals surface area contributed by atoms with Gasteiger partial charge in [-0.25, -0.2) is 0 Å². The zero-order valence-corrected chi connectivity index (χ0v) is 13.1. The van der Waals surface area contributed by atoms with Gasteiger partial charge in [0.25, 0.3) is 0 Å². The lowest BCUT2D eigenvalue weighted by Gasteiger charge is -2.41. The summed E-state index contributed by atoms with van der Waals surface area (Å²) in [6.45, 7) is 10.3. The second-order valence-corrected chi connectivity index (χ2v) is 8.60. The van der Waals surface area contributed by atoms with Gasteiger partial charge in [0.05, 0.1) is 6.10 Å². The number of thioether (sulfide) groups is 1. The fourth-order valence-electron chi connectivity index (χ4n) is 3.21. The fraction of sp³-hybridized carbons (Fsp3) is 1.00. The van der Waals surface area contributed by atoms with Gasteiger partial charge < -0.3 is 10.5 Å². The normalized spacial score (nSPS) is 42.2. The Kier molecular flexibility index (Phi) is 4.66. The van der Waals surface area contributed by atoms with Gasteiger partial charge >= 0.3 is 0 Å². The highest BCUT2D eigenvalue weighted by Crippen LogP contribution is 2.43. The minimum Gasteiger partial charge on any atom is -0.377 e. The van der Waals surface area contributed by atoms with E-state index in [4.69, 9.17) is 10.5 Å². The van der Waals surface area contributed by atoms with Gasteiger partial charge in [0.1, 0.15) is 0 Å². The third-order valence-corrected chi connectivity index (χ3v) is 6.58. The first kappa shape index (κ1) is 14.7. The molecule has 2 N–H and O–H groups in total. The molecule has 0 bridgehead atoms. The summed E-state index contributed by atoms with van der Waals surface area (Å²) in [5, 5.41) is 1.30. The monoisotopic (exact) mass is 271 g/mol. The third kappa shape index (κ3) is 3.43. The van der Waals surface area contributed by atoms with Gasteiger partial charge in [0.2, 0.25) is 0 Å². The van der Waals surface area contributed by atoms with Gasteiger partial charge in [-0.2, -0.15) is 11.8 Å². The van der Waals surface area contributed by atoms with E-state index >= 15 is 0 Å². The van der Waals surface area contributed by atoms with Crippen LogP contribution in [-0.4, -0.2) is 29.3 Å². The Morgan fingerprint density at radius 2 is 1.83 bits per heavy atom. The van der Waals surface area contributed by atoms with Crippen LogP contribution in [0.15, 0.2) is 0 Å². The Balaban J connectivity index is 1.93. The van der Waals surface area contributed by atoms with Crippen LogP contribution in [0, 0.1) is 11.3 Å². The molecule has 0 amide bonds. The summed E-state index contributed by atoms with van der Waals surface area (Å²) in [5.74, 6) is 0.826. The van der Waals surface area contributed by atoms with Crippen molar-refractivity contribution in [2.24, 2.45) is 17.1 Å². The summed E-state index contributed by atoms with van der Waals surface area (Å²) in [6.07, 6.45) is 5.41. The number of ether oxygens (including phenoxy) is 1. The van der Waals surface area contributed by atoms with Crippen molar-refractivity contribution < 1.29 is 4.74 Å². The van der Waals surface area contributed by atoms with Crippen molar-refractivity contribution in [3.8, 4) is 0 Å². The topological polar surface area (TPSA) is 35.2 Å². The maximum atomic E-state index is 6.35. The second kappa shape index (κ2) is 5.72. The van der Waals surface area contributed by atoms with E-state index < -0.39 is 0 Å². The van der Waals surface area contributed by atoms with E-state index in [-0.39, 0.29) is 0 Å². The van der Waals surface area contributed by atoms with Crippen LogP contribution in [-0.2, 0) is 4.74 Å². The molecule has 1 aliphatic heterocycles. The van der Waals surface area contributed by atoms with E-state index in [0.717, 1.165) is 12.5 Å². The fourth-order valence-corrected chi connectivity index (χ4v) is 4.87. The van der Waals surface area contributed by atoms with E-state index in [9.17, 15) is 0 Å². The van der Waals surface area contributed by atoms with Gasteiger partial charge in [-0.15, -0.1) is 0 Å². The van der Waals surface area contributed by atoms with Crippen LogP contribution in [0.5, 0.6) is 0 Å². The van der Waals surface area contributed by atoms with Crippen molar-refractivity contribution in [3.63, 3.8) is 0 Å². The molecule has 18 heavy (non-hydrogen) atoms. The molecule has 5 unspecified atom stereocenters. The number of rotatable bonds is 2. The summed E-state index contributed by atoms with van der Waals surface area (Å²) in [6, 6.07) is 0.390. The number of hydrogen-bond donors (Lipinski definition) is 1. The highest BCUT2D eigenvalue weighted by molar-refractivity contribution is 8.00. The van der Waals surface area contributed by atoms with E-state index in [1.807, 2.05) is 0 Å². The molecule has 106 valence electrons. The van der Waals surface area contributed by atoms with Gasteiger partial charge in [0.15, 0.2) is 0 Å². The van der Waals surface area contributed by atoms with Crippen LogP contribution >= 0.6 is 11.8 Å². The maximum absolute atomic E-state index is 6.35. The first-order valence-corrected chi connectivity index (χ1v) is 8.35. The SMILES string of the molecule is CC1OCCC1SC1CC(C(C)(C)C)CCC1N. The third-order valence-electron chi connectivity index (χ3n) is 4.72. The molecule has 0 radical (unpaired) electrons. The molecule has 2 aliphatic rings. The smallest absolute Gasteiger partial charge is 0.0666 e. The predicted octanol–water partition coefficient (Wildman–Crippen LogP) is 3.44. The van der Waals surface area contributed by atoms with Crippen molar-refractivity contribution >= 4 is 11.8 Å². The van der Waals surface area contributed by atoms with Crippen molar-refractivity contribution in [1.29, 1.82) is 0 Å². The van der Waals surface area contributed by atoms with Gasteiger partial charge in [-0.05, 0) is 43.9 Å². The van der Waals surface area contributed by atoms with Gasteiger partial charge in [-0.3, -0.25) is 0 Å². The van der Waals surface area contributed by atoms with Crippen LogP contribution in [0.4, 0.5) is 0 Å². The Bertz CT molecular complexity index is 274. The molecule has 0 spiro atoms. The maximum Gasteiger partial charge on any atom is 0.0666 e. The highest BCUT2D eigenvalue weighted by Gasteiger charge is 2.37. The lowest BCUT2D eigenvalue weighted by atomic mass is 9.71. The molecule has 0 aromatic carbocycles. The van der Waals surface area contributed by atoms with Crippen LogP contribution in [0.2, 0.25) is 0 Å². The largest absolute Gasteiger partial charge is 0.377 e. The molecule has 1 aliphatic carbocycles. The van der Waals surface area contributed by atoms with Gasteiger partial charge in [0, 0.05) is 23.1 Å². The van der Waals surface area contributed by atoms with Crippen molar-refractivity contribution in [3.05, 3.63) is 0 Å². The summed E-state index contributed by atoms with van der Waals surface area (Å²) >= 11 is 2.11. The summed E-state index contributed by atoms with van der Waals surface area (Å²) < 4.78 is 5.67. The molecule has 2 rings (SSSR count). The van der Waals surface area contributed by atoms with Crippen LogP contribution < -0.4 is 5.73 Å². The molecule has 0 aromatic rings. The second-order valence-electron chi connectivity index (χ2n) is 7.12. The Hall–Kier alpha value is 0.270. The van der Waals surface area contributed by atoms with Crippen molar-refractivity contribution in [1.82, 2.24) is 0 Å². The molecule has 1 saturated heterocycles. The average Bonchev–Trinajstić information content (AvgIpc) is 2.66.